The van der Waals surface area contributed by atoms with Gasteiger partial charge < -0.3 is 9.33 Å². The molecule has 0 amide bonds. The summed E-state index contributed by atoms with van der Waals surface area (Å²) in [6.45, 7) is 16.0. The smallest absolute Gasteiger partial charge is 0.250 e. The molecule has 0 radical (unpaired) electrons. The molecule has 26 heavy (non-hydrogen) atoms. The topological polar surface area (TPSA) is 12.5 Å². The van der Waals surface area contributed by atoms with E-state index in [1.54, 1.807) is 0 Å². The zero-order chi connectivity index (χ0) is 19.4. The number of nitrogens with zero attached hydrogens (tertiary/aromatic N) is 1. The lowest BCUT2D eigenvalue weighted by molar-refractivity contribution is 0.492. The standard InChI is InChI=1S/C23H35NOSi/c1-8-12-19(2)24(20-13-10-9-11-14-20)21-15-17-22(18-16-21)25-26(6,7)23(3,4)5/h9-11,13-19H,8,12H2,1-7H3. The van der Waals surface area contributed by atoms with Crippen LogP contribution in [-0.4, -0.2) is 14.4 Å². The summed E-state index contributed by atoms with van der Waals surface area (Å²) in [5, 5.41) is 0.206. The molecule has 0 N–H and O–H groups in total. The molecule has 1 atom stereocenters. The van der Waals surface area contributed by atoms with Gasteiger partial charge in [-0.1, -0.05) is 52.3 Å². The maximum atomic E-state index is 6.44. The second-order valence-corrected chi connectivity index (χ2v) is 13.4. The summed E-state index contributed by atoms with van der Waals surface area (Å²) in [6.07, 6.45) is 2.34. The van der Waals surface area contributed by atoms with Crippen LogP contribution in [0.2, 0.25) is 18.1 Å². The average Bonchev–Trinajstić information content (AvgIpc) is 2.56. The Morgan fingerprint density at radius 3 is 1.96 bits per heavy atom. The monoisotopic (exact) mass is 369 g/mol. The molecule has 3 heteroatoms. The van der Waals surface area contributed by atoms with Gasteiger partial charge in [0.25, 0.3) is 0 Å². The van der Waals surface area contributed by atoms with Crippen LogP contribution in [0.4, 0.5) is 11.4 Å². The van der Waals surface area contributed by atoms with Crippen LogP contribution >= 0.6 is 0 Å². The quantitative estimate of drug-likeness (QED) is 0.471. The average molecular weight is 370 g/mol. The molecule has 2 aromatic carbocycles. The van der Waals surface area contributed by atoms with Crippen molar-refractivity contribution in [2.75, 3.05) is 4.90 Å². The molecule has 2 nitrogen and oxygen atoms in total. The van der Waals surface area contributed by atoms with E-state index in [-0.39, 0.29) is 5.04 Å². The van der Waals surface area contributed by atoms with Gasteiger partial charge in [-0.25, -0.2) is 0 Å². The first-order valence-electron chi connectivity index (χ1n) is 9.79. The normalized spacial score (nSPS) is 13.3. The zero-order valence-electron chi connectivity index (χ0n) is 17.5. The van der Waals surface area contributed by atoms with E-state index in [2.05, 4.69) is 107 Å². The van der Waals surface area contributed by atoms with E-state index in [4.69, 9.17) is 4.43 Å². The molecule has 0 fully saturated rings. The Hall–Kier alpha value is -1.74. The summed E-state index contributed by atoms with van der Waals surface area (Å²) >= 11 is 0. The van der Waals surface area contributed by atoms with Gasteiger partial charge >= 0.3 is 0 Å². The predicted molar refractivity (Wildman–Crippen MR) is 117 cm³/mol. The van der Waals surface area contributed by atoms with E-state index >= 15 is 0 Å². The minimum absolute atomic E-state index is 0.206. The molecule has 0 aromatic heterocycles. The first kappa shape index (κ1) is 20.6. The highest BCUT2D eigenvalue weighted by Gasteiger charge is 2.38. The van der Waals surface area contributed by atoms with E-state index < -0.39 is 8.32 Å². The van der Waals surface area contributed by atoms with Crippen molar-refractivity contribution in [3.8, 4) is 5.75 Å². The van der Waals surface area contributed by atoms with Crippen LogP contribution in [0.1, 0.15) is 47.5 Å². The largest absolute Gasteiger partial charge is 0.544 e. The molecule has 0 bridgehead atoms. The van der Waals surface area contributed by atoms with Crippen LogP contribution in [0.5, 0.6) is 5.75 Å². The van der Waals surface area contributed by atoms with Crippen LogP contribution in [0.15, 0.2) is 54.6 Å². The van der Waals surface area contributed by atoms with Crippen molar-refractivity contribution in [3.63, 3.8) is 0 Å². The van der Waals surface area contributed by atoms with Gasteiger partial charge in [0.05, 0.1) is 0 Å². The van der Waals surface area contributed by atoms with Gasteiger partial charge in [-0.15, -0.1) is 0 Å². The van der Waals surface area contributed by atoms with Crippen molar-refractivity contribution in [1.82, 2.24) is 0 Å². The van der Waals surface area contributed by atoms with E-state index in [1.165, 1.54) is 17.8 Å². The van der Waals surface area contributed by atoms with Crippen molar-refractivity contribution >= 4 is 19.7 Å². The van der Waals surface area contributed by atoms with Gasteiger partial charge in [-0.2, -0.15) is 0 Å². The Morgan fingerprint density at radius 1 is 0.923 bits per heavy atom. The first-order valence-corrected chi connectivity index (χ1v) is 12.7. The van der Waals surface area contributed by atoms with Crippen LogP contribution in [0.3, 0.4) is 0 Å². The number of anilines is 2. The van der Waals surface area contributed by atoms with Crippen molar-refractivity contribution in [3.05, 3.63) is 54.6 Å². The van der Waals surface area contributed by atoms with E-state index in [0.717, 1.165) is 12.2 Å². The van der Waals surface area contributed by atoms with E-state index in [1.807, 2.05) is 0 Å². The van der Waals surface area contributed by atoms with Crippen LogP contribution in [0.25, 0.3) is 0 Å². The third-order valence-electron chi connectivity index (χ3n) is 5.48. The third-order valence-corrected chi connectivity index (χ3v) is 9.83. The summed E-state index contributed by atoms with van der Waals surface area (Å²) in [4.78, 5) is 2.43. The van der Waals surface area contributed by atoms with Crippen LogP contribution in [-0.2, 0) is 0 Å². The Kier molecular flexibility index (Phi) is 6.57. The molecule has 0 spiro atoms. The molecule has 142 valence electrons. The second kappa shape index (κ2) is 8.30. The number of para-hydroxylation sites is 1. The maximum Gasteiger partial charge on any atom is 0.250 e. The molecule has 0 aliphatic rings. The molecule has 2 aromatic rings. The SMILES string of the molecule is CCCC(C)N(c1ccccc1)c1ccc(O[Si](C)(C)C(C)(C)C)cc1. The highest BCUT2D eigenvalue weighted by Crippen LogP contribution is 2.38. The molecule has 2 rings (SSSR count). The molecule has 1 unspecified atom stereocenters. The van der Waals surface area contributed by atoms with Gasteiger partial charge in [0.2, 0.25) is 8.32 Å². The summed E-state index contributed by atoms with van der Waals surface area (Å²) in [5.74, 6) is 0.983. The van der Waals surface area contributed by atoms with E-state index in [0.29, 0.717) is 6.04 Å². The summed E-state index contributed by atoms with van der Waals surface area (Å²) in [6, 6.07) is 19.8. The predicted octanol–water partition coefficient (Wildman–Crippen LogP) is 7.40. The Balaban J connectivity index is 2.28. The Bertz CT molecular complexity index is 674. The van der Waals surface area contributed by atoms with Gasteiger partial charge in [-0.05, 0) is 67.9 Å². The van der Waals surface area contributed by atoms with Gasteiger partial charge in [-0.3, -0.25) is 0 Å². The molecule has 0 heterocycles. The molecular weight excluding hydrogens is 334 g/mol. The lowest BCUT2D eigenvalue weighted by atomic mass is 10.1. The fourth-order valence-electron chi connectivity index (χ4n) is 2.92. The molecule has 0 aliphatic heterocycles. The molecule has 0 saturated carbocycles. The lowest BCUT2D eigenvalue weighted by Crippen LogP contribution is -2.43. The lowest BCUT2D eigenvalue weighted by Gasteiger charge is -2.36. The maximum absolute atomic E-state index is 6.44. The van der Waals surface area contributed by atoms with Crippen molar-refractivity contribution in [2.45, 2.75) is 71.6 Å². The summed E-state index contributed by atoms with van der Waals surface area (Å²) in [7, 11) is -1.80. The third kappa shape index (κ3) is 4.91. The van der Waals surface area contributed by atoms with Gasteiger partial charge in [0.1, 0.15) is 5.75 Å². The number of hydrogen-bond donors (Lipinski definition) is 0. The molecule has 0 aliphatic carbocycles. The molecular formula is C23H35NOSi. The fourth-order valence-corrected chi connectivity index (χ4v) is 3.95. The minimum Gasteiger partial charge on any atom is -0.544 e. The minimum atomic E-state index is -1.80. The second-order valence-electron chi connectivity index (χ2n) is 8.70. The highest BCUT2D eigenvalue weighted by atomic mass is 28.4. The summed E-state index contributed by atoms with van der Waals surface area (Å²) in [5.41, 5.74) is 2.46. The van der Waals surface area contributed by atoms with Crippen molar-refractivity contribution < 1.29 is 4.43 Å². The Labute approximate surface area is 161 Å². The van der Waals surface area contributed by atoms with Crippen molar-refractivity contribution in [1.29, 1.82) is 0 Å². The number of rotatable bonds is 7. The Morgan fingerprint density at radius 2 is 1.46 bits per heavy atom. The van der Waals surface area contributed by atoms with E-state index in [9.17, 15) is 0 Å². The number of benzene rings is 2. The van der Waals surface area contributed by atoms with Crippen molar-refractivity contribution in [2.24, 2.45) is 0 Å². The van der Waals surface area contributed by atoms with Gasteiger partial charge in [0, 0.05) is 17.4 Å². The highest BCUT2D eigenvalue weighted by molar-refractivity contribution is 6.74. The fraction of sp³-hybridized carbons (Fsp3) is 0.478. The zero-order valence-corrected chi connectivity index (χ0v) is 18.5. The van der Waals surface area contributed by atoms with Crippen LogP contribution < -0.4 is 9.33 Å². The molecule has 0 saturated heterocycles. The van der Waals surface area contributed by atoms with Crippen LogP contribution in [0, 0.1) is 0 Å². The van der Waals surface area contributed by atoms with Gasteiger partial charge in [0.15, 0.2) is 0 Å². The first-order chi connectivity index (χ1) is 12.2. The summed E-state index contributed by atoms with van der Waals surface area (Å²) < 4.78 is 6.44. The number of hydrogen-bond acceptors (Lipinski definition) is 2.